The van der Waals surface area contributed by atoms with E-state index in [1.54, 1.807) is 23.1 Å². The quantitative estimate of drug-likeness (QED) is 0.812. The molecular formula is C13H21N5OS2. The lowest BCUT2D eigenvalue weighted by Crippen LogP contribution is -2.11. The van der Waals surface area contributed by atoms with E-state index in [0.717, 1.165) is 16.0 Å². The smallest absolute Gasteiger partial charge is 0.232 e. The van der Waals surface area contributed by atoms with Crippen LogP contribution in [0.5, 0.6) is 0 Å². The molecule has 0 saturated carbocycles. The van der Waals surface area contributed by atoms with Gasteiger partial charge in [-0.3, -0.25) is 0 Å². The highest BCUT2D eigenvalue weighted by atomic mass is 32.2. The molecule has 0 aliphatic carbocycles. The van der Waals surface area contributed by atoms with Crippen LogP contribution in [0.2, 0.25) is 0 Å². The molecular weight excluding hydrogens is 306 g/mol. The summed E-state index contributed by atoms with van der Waals surface area (Å²) in [5, 5.41) is 16.4. The molecule has 0 amide bonds. The number of nitrogens with zero attached hydrogens (tertiary/aromatic N) is 4. The van der Waals surface area contributed by atoms with Gasteiger partial charge in [0.05, 0.1) is 5.75 Å². The van der Waals surface area contributed by atoms with E-state index in [-0.39, 0.29) is 5.41 Å². The van der Waals surface area contributed by atoms with E-state index in [1.807, 2.05) is 0 Å². The number of anilines is 1. The van der Waals surface area contributed by atoms with E-state index in [4.69, 9.17) is 4.52 Å². The first-order valence-corrected chi connectivity index (χ1v) is 8.68. The molecule has 0 unspecified atom stereocenters. The standard InChI is InChI=1S/C13H21N5OS2/c1-8(2)6-14-11-16-17-12(21-11)20-7-9-15-10(19-18-9)13(3,4)5/h8H,6-7H2,1-5H3,(H,14,16). The van der Waals surface area contributed by atoms with Crippen molar-refractivity contribution in [2.45, 2.75) is 50.1 Å². The Morgan fingerprint density at radius 3 is 2.67 bits per heavy atom. The molecule has 116 valence electrons. The Labute approximate surface area is 133 Å². The average molecular weight is 327 g/mol. The van der Waals surface area contributed by atoms with Crippen molar-refractivity contribution >= 4 is 28.2 Å². The maximum Gasteiger partial charge on any atom is 0.232 e. The van der Waals surface area contributed by atoms with Crippen LogP contribution in [0.1, 0.15) is 46.3 Å². The first-order chi connectivity index (χ1) is 9.84. The van der Waals surface area contributed by atoms with Crippen molar-refractivity contribution in [1.82, 2.24) is 20.3 Å². The molecule has 2 aromatic heterocycles. The summed E-state index contributed by atoms with van der Waals surface area (Å²) < 4.78 is 6.17. The largest absolute Gasteiger partial charge is 0.360 e. The van der Waals surface area contributed by atoms with Crippen molar-refractivity contribution < 1.29 is 4.52 Å². The topological polar surface area (TPSA) is 76.7 Å². The summed E-state index contributed by atoms with van der Waals surface area (Å²) in [6.07, 6.45) is 0. The van der Waals surface area contributed by atoms with E-state index in [2.05, 4.69) is 60.3 Å². The number of nitrogens with one attached hydrogen (secondary N) is 1. The Bertz CT molecular complexity index is 573. The minimum atomic E-state index is -0.118. The van der Waals surface area contributed by atoms with Crippen molar-refractivity contribution in [2.75, 3.05) is 11.9 Å². The van der Waals surface area contributed by atoms with Crippen molar-refractivity contribution in [3.05, 3.63) is 11.7 Å². The first kappa shape index (κ1) is 16.2. The molecule has 6 nitrogen and oxygen atoms in total. The predicted octanol–water partition coefficient (Wildman–Crippen LogP) is 3.58. The second kappa shape index (κ2) is 6.74. The van der Waals surface area contributed by atoms with Crippen LogP contribution in [0.3, 0.4) is 0 Å². The van der Waals surface area contributed by atoms with E-state index in [0.29, 0.717) is 23.4 Å². The summed E-state index contributed by atoms with van der Waals surface area (Å²) in [5.41, 5.74) is -0.118. The third-order valence-corrected chi connectivity index (χ3v) is 4.51. The molecule has 21 heavy (non-hydrogen) atoms. The second-order valence-electron chi connectivity index (χ2n) is 6.20. The fourth-order valence-corrected chi connectivity index (χ4v) is 2.98. The van der Waals surface area contributed by atoms with Gasteiger partial charge in [0.2, 0.25) is 11.0 Å². The van der Waals surface area contributed by atoms with Crippen LogP contribution in [-0.2, 0) is 11.2 Å². The van der Waals surface area contributed by atoms with E-state index < -0.39 is 0 Å². The van der Waals surface area contributed by atoms with E-state index in [9.17, 15) is 0 Å². The van der Waals surface area contributed by atoms with Gasteiger partial charge < -0.3 is 9.84 Å². The van der Waals surface area contributed by atoms with Crippen LogP contribution in [0.4, 0.5) is 5.13 Å². The molecule has 8 heteroatoms. The van der Waals surface area contributed by atoms with Gasteiger partial charge in [0.15, 0.2) is 10.2 Å². The molecule has 0 fully saturated rings. The molecule has 2 rings (SSSR count). The van der Waals surface area contributed by atoms with Crippen LogP contribution in [0, 0.1) is 5.92 Å². The molecule has 0 aliphatic rings. The number of hydrogen-bond acceptors (Lipinski definition) is 8. The van der Waals surface area contributed by atoms with Crippen LogP contribution in [0.15, 0.2) is 8.86 Å². The second-order valence-corrected chi connectivity index (χ2v) is 8.40. The molecule has 1 N–H and O–H groups in total. The Hall–Kier alpha value is -1.15. The SMILES string of the molecule is CC(C)CNc1nnc(SCc2noc(C(C)(C)C)n2)s1. The monoisotopic (exact) mass is 327 g/mol. The molecule has 0 spiro atoms. The lowest BCUT2D eigenvalue weighted by Gasteiger charge is -2.10. The van der Waals surface area contributed by atoms with Crippen molar-refractivity contribution in [3.63, 3.8) is 0 Å². The van der Waals surface area contributed by atoms with Gasteiger partial charge in [0.1, 0.15) is 0 Å². The van der Waals surface area contributed by atoms with E-state index >= 15 is 0 Å². The highest BCUT2D eigenvalue weighted by Gasteiger charge is 2.21. The first-order valence-electron chi connectivity index (χ1n) is 6.88. The number of rotatable bonds is 6. The number of hydrogen-bond donors (Lipinski definition) is 1. The molecule has 0 radical (unpaired) electrons. The van der Waals surface area contributed by atoms with Gasteiger partial charge >= 0.3 is 0 Å². The maximum absolute atomic E-state index is 5.27. The Morgan fingerprint density at radius 2 is 2.05 bits per heavy atom. The van der Waals surface area contributed by atoms with Gasteiger partial charge in [-0.1, -0.05) is 62.9 Å². The lowest BCUT2D eigenvalue weighted by atomic mass is 9.97. The zero-order valence-corrected chi connectivity index (χ0v) is 14.6. The van der Waals surface area contributed by atoms with Gasteiger partial charge in [0.25, 0.3) is 0 Å². The Balaban J connectivity index is 1.87. The maximum atomic E-state index is 5.27. The molecule has 0 bridgehead atoms. The highest BCUT2D eigenvalue weighted by Crippen LogP contribution is 2.28. The van der Waals surface area contributed by atoms with Gasteiger partial charge in [-0.15, -0.1) is 10.2 Å². The normalized spacial score (nSPS) is 12.1. The fraction of sp³-hybridized carbons (Fsp3) is 0.692. The van der Waals surface area contributed by atoms with Gasteiger partial charge in [0, 0.05) is 12.0 Å². The fourth-order valence-electron chi connectivity index (χ4n) is 1.37. The highest BCUT2D eigenvalue weighted by molar-refractivity contribution is 8.00. The number of thioether (sulfide) groups is 1. The van der Waals surface area contributed by atoms with Crippen molar-refractivity contribution in [2.24, 2.45) is 5.92 Å². The zero-order chi connectivity index (χ0) is 15.5. The summed E-state index contributed by atoms with van der Waals surface area (Å²) in [6, 6.07) is 0. The molecule has 2 heterocycles. The van der Waals surface area contributed by atoms with Crippen molar-refractivity contribution in [1.29, 1.82) is 0 Å². The average Bonchev–Trinajstić information content (AvgIpc) is 3.02. The summed E-state index contributed by atoms with van der Waals surface area (Å²) in [5.74, 6) is 2.57. The van der Waals surface area contributed by atoms with E-state index in [1.165, 1.54) is 0 Å². The molecule has 0 saturated heterocycles. The molecule has 0 aliphatic heterocycles. The number of aromatic nitrogens is 4. The van der Waals surface area contributed by atoms with Crippen LogP contribution in [0.25, 0.3) is 0 Å². The van der Waals surface area contributed by atoms with Crippen LogP contribution < -0.4 is 5.32 Å². The lowest BCUT2D eigenvalue weighted by molar-refractivity contribution is 0.319. The Morgan fingerprint density at radius 1 is 1.29 bits per heavy atom. The summed E-state index contributed by atoms with van der Waals surface area (Å²) >= 11 is 3.12. The molecule has 2 aromatic rings. The predicted molar refractivity (Wildman–Crippen MR) is 85.8 cm³/mol. The van der Waals surface area contributed by atoms with Crippen molar-refractivity contribution in [3.8, 4) is 0 Å². The molecule has 0 aromatic carbocycles. The van der Waals surface area contributed by atoms with Gasteiger partial charge in [-0.25, -0.2) is 0 Å². The minimum absolute atomic E-state index is 0.118. The van der Waals surface area contributed by atoms with Gasteiger partial charge in [-0.2, -0.15) is 4.98 Å². The van der Waals surface area contributed by atoms with Crippen LogP contribution >= 0.6 is 23.1 Å². The molecule has 0 atom stereocenters. The third-order valence-electron chi connectivity index (χ3n) is 2.50. The Kier molecular flexibility index (Phi) is 5.21. The zero-order valence-electron chi connectivity index (χ0n) is 13.0. The summed E-state index contributed by atoms with van der Waals surface area (Å²) in [6.45, 7) is 11.4. The third kappa shape index (κ3) is 4.96. The van der Waals surface area contributed by atoms with Crippen LogP contribution in [-0.4, -0.2) is 26.9 Å². The minimum Gasteiger partial charge on any atom is -0.360 e. The summed E-state index contributed by atoms with van der Waals surface area (Å²) in [7, 11) is 0. The summed E-state index contributed by atoms with van der Waals surface area (Å²) in [4.78, 5) is 4.41. The van der Waals surface area contributed by atoms with Gasteiger partial charge in [-0.05, 0) is 5.92 Å².